The second kappa shape index (κ2) is 6.30. The number of piperidine rings is 1. The minimum Gasteiger partial charge on any atom is -0.495 e. The van der Waals surface area contributed by atoms with Crippen molar-refractivity contribution in [3.05, 3.63) is 23.2 Å². The first kappa shape index (κ1) is 15.6. The van der Waals surface area contributed by atoms with Crippen molar-refractivity contribution in [2.45, 2.75) is 23.8 Å². The molecule has 0 aliphatic carbocycles. The van der Waals surface area contributed by atoms with E-state index in [0.717, 1.165) is 19.4 Å². The molecule has 0 aromatic heterocycles. The van der Waals surface area contributed by atoms with Gasteiger partial charge in [-0.25, -0.2) is 8.42 Å². The zero-order chi connectivity index (χ0) is 14.8. The van der Waals surface area contributed by atoms with Crippen LogP contribution in [0.25, 0.3) is 0 Å². The van der Waals surface area contributed by atoms with Crippen LogP contribution in [0.5, 0.6) is 5.75 Å². The van der Waals surface area contributed by atoms with Crippen LogP contribution in [-0.2, 0) is 10.0 Å². The highest BCUT2D eigenvalue weighted by Crippen LogP contribution is 2.29. The van der Waals surface area contributed by atoms with Gasteiger partial charge in [0.15, 0.2) is 0 Å². The van der Waals surface area contributed by atoms with Gasteiger partial charge in [0.05, 0.1) is 17.0 Å². The van der Waals surface area contributed by atoms with Gasteiger partial charge in [-0.1, -0.05) is 11.6 Å². The molecule has 1 heterocycles. The Hall–Kier alpha value is -0.820. The smallest absolute Gasteiger partial charge is 0.243 e. The van der Waals surface area contributed by atoms with Crippen LogP contribution in [0.2, 0.25) is 5.02 Å². The van der Waals surface area contributed by atoms with Crippen LogP contribution in [0.3, 0.4) is 0 Å². The summed E-state index contributed by atoms with van der Waals surface area (Å²) in [6.07, 6.45) is 1.85. The molecule has 1 aliphatic rings. The third-order valence-electron chi connectivity index (χ3n) is 3.59. The van der Waals surface area contributed by atoms with E-state index < -0.39 is 10.0 Å². The molecule has 5 nitrogen and oxygen atoms in total. The number of halogens is 1. The molecule has 2 rings (SSSR count). The lowest BCUT2D eigenvalue weighted by molar-refractivity contribution is 0.300. The molecule has 1 fully saturated rings. The number of rotatable bonds is 4. The average molecular weight is 319 g/mol. The topological polar surface area (TPSA) is 58.6 Å². The molecule has 1 N–H and O–H groups in total. The molecule has 1 aromatic rings. The zero-order valence-corrected chi connectivity index (χ0v) is 13.2. The normalized spacial score (nSPS) is 20.1. The summed E-state index contributed by atoms with van der Waals surface area (Å²) in [5.74, 6) is 0.465. The number of benzene rings is 1. The molecule has 1 saturated heterocycles. The quantitative estimate of drug-likeness (QED) is 0.918. The van der Waals surface area contributed by atoms with Gasteiger partial charge in [0.25, 0.3) is 0 Å². The van der Waals surface area contributed by atoms with E-state index >= 15 is 0 Å². The largest absolute Gasteiger partial charge is 0.495 e. The summed E-state index contributed by atoms with van der Waals surface area (Å²) in [6, 6.07) is 4.51. The SMILES string of the molecule is COc1ccc(S(=O)(=O)N(C)C2CCCNC2)cc1Cl. The van der Waals surface area contributed by atoms with Crippen LogP contribution in [0.4, 0.5) is 0 Å². The van der Waals surface area contributed by atoms with Crippen LogP contribution in [0, 0.1) is 0 Å². The van der Waals surface area contributed by atoms with Crippen molar-refractivity contribution < 1.29 is 13.2 Å². The predicted molar refractivity (Wildman–Crippen MR) is 78.8 cm³/mol. The molecule has 0 radical (unpaired) electrons. The Morgan fingerprint density at radius 1 is 1.45 bits per heavy atom. The fourth-order valence-corrected chi connectivity index (χ4v) is 4.05. The van der Waals surface area contributed by atoms with Crippen molar-refractivity contribution in [3.63, 3.8) is 0 Å². The number of ether oxygens (including phenoxy) is 1. The molecular formula is C13H19ClN2O3S. The molecule has 20 heavy (non-hydrogen) atoms. The van der Waals surface area contributed by atoms with Gasteiger partial charge in [0.2, 0.25) is 10.0 Å². The zero-order valence-electron chi connectivity index (χ0n) is 11.6. The van der Waals surface area contributed by atoms with Gasteiger partial charge in [-0.3, -0.25) is 0 Å². The van der Waals surface area contributed by atoms with E-state index in [4.69, 9.17) is 16.3 Å². The Kier molecular flexibility index (Phi) is 4.90. The van der Waals surface area contributed by atoms with Crippen molar-refractivity contribution in [3.8, 4) is 5.75 Å². The van der Waals surface area contributed by atoms with E-state index in [1.165, 1.54) is 23.5 Å². The van der Waals surface area contributed by atoms with Gasteiger partial charge in [0, 0.05) is 19.6 Å². The van der Waals surface area contributed by atoms with E-state index in [2.05, 4.69) is 5.32 Å². The predicted octanol–water partition coefficient (Wildman–Crippen LogP) is 1.72. The van der Waals surface area contributed by atoms with Crippen molar-refractivity contribution >= 4 is 21.6 Å². The maximum Gasteiger partial charge on any atom is 0.243 e. The summed E-state index contributed by atoms with van der Waals surface area (Å²) in [6.45, 7) is 1.62. The number of likely N-dealkylation sites (N-methyl/N-ethyl adjacent to an activating group) is 1. The molecule has 0 bridgehead atoms. The molecule has 7 heteroatoms. The summed E-state index contributed by atoms with van der Waals surface area (Å²) in [5, 5.41) is 3.51. The average Bonchev–Trinajstić information content (AvgIpc) is 2.47. The monoisotopic (exact) mass is 318 g/mol. The molecule has 0 amide bonds. The summed E-state index contributed by atoms with van der Waals surface area (Å²) < 4.78 is 31.6. The molecule has 112 valence electrons. The Bertz CT molecular complexity index is 571. The Morgan fingerprint density at radius 3 is 2.75 bits per heavy atom. The van der Waals surface area contributed by atoms with Gasteiger partial charge < -0.3 is 10.1 Å². The number of sulfonamides is 1. The highest BCUT2D eigenvalue weighted by molar-refractivity contribution is 7.89. The van der Waals surface area contributed by atoms with E-state index in [0.29, 0.717) is 17.3 Å². The minimum atomic E-state index is -3.53. The first-order valence-corrected chi connectivity index (χ1v) is 8.31. The molecule has 1 atom stereocenters. The van der Waals surface area contributed by atoms with Gasteiger partial charge in [-0.15, -0.1) is 0 Å². The highest BCUT2D eigenvalue weighted by Gasteiger charge is 2.29. The molecule has 0 spiro atoms. The summed E-state index contributed by atoms with van der Waals surface area (Å²) in [5.41, 5.74) is 0. The molecule has 0 saturated carbocycles. The lowest BCUT2D eigenvalue weighted by Crippen LogP contribution is -2.46. The Balaban J connectivity index is 2.27. The Morgan fingerprint density at radius 2 is 2.20 bits per heavy atom. The third kappa shape index (κ3) is 3.09. The fourth-order valence-electron chi connectivity index (χ4n) is 2.31. The van der Waals surface area contributed by atoms with Crippen LogP contribution in [-0.4, -0.2) is 46.0 Å². The second-order valence-corrected chi connectivity index (χ2v) is 7.22. The molecule has 1 aliphatic heterocycles. The number of nitrogens with zero attached hydrogens (tertiary/aromatic N) is 1. The third-order valence-corrected chi connectivity index (χ3v) is 5.79. The number of hydrogen-bond acceptors (Lipinski definition) is 4. The maximum absolute atomic E-state index is 12.6. The first-order valence-electron chi connectivity index (χ1n) is 6.49. The molecule has 1 unspecified atom stereocenters. The molecular weight excluding hydrogens is 300 g/mol. The highest BCUT2D eigenvalue weighted by atomic mass is 35.5. The number of nitrogens with one attached hydrogen (secondary N) is 1. The lowest BCUT2D eigenvalue weighted by atomic mass is 10.1. The Labute approximate surface area is 124 Å². The number of methoxy groups -OCH3 is 1. The van der Waals surface area contributed by atoms with Crippen molar-refractivity contribution in [1.82, 2.24) is 9.62 Å². The summed E-state index contributed by atoms with van der Waals surface area (Å²) in [7, 11) is -0.421. The first-order chi connectivity index (χ1) is 9.46. The van der Waals surface area contributed by atoms with Crippen LogP contribution < -0.4 is 10.1 Å². The van der Waals surface area contributed by atoms with Crippen LogP contribution >= 0.6 is 11.6 Å². The number of hydrogen-bond donors (Lipinski definition) is 1. The van der Waals surface area contributed by atoms with E-state index in [1.54, 1.807) is 13.1 Å². The van der Waals surface area contributed by atoms with E-state index in [9.17, 15) is 8.42 Å². The van der Waals surface area contributed by atoms with Gasteiger partial charge in [0.1, 0.15) is 5.75 Å². The van der Waals surface area contributed by atoms with Crippen molar-refractivity contribution in [1.29, 1.82) is 0 Å². The van der Waals surface area contributed by atoms with Crippen molar-refractivity contribution in [2.24, 2.45) is 0 Å². The van der Waals surface area contributed by atoms with Crippen LogP contribution in [0.15, 0.2) is 23.1 Å². The standard InChI is InChI=1S/C13H19ClN2O3S/c1-16(10-4-3-7-15-9-10)20(17,18)11-5-6-13(19-2)12(14)8-11/h5-6,8,10,15H,3-4,7,9H2,1-2H3. The minimum absolute atomic E-state index is 0.0189. The van der Waals surface area contributed by atoms with E-state index in [1.807, 2.05) is 0 Å². The summed E-state index contributed by atoms with van der Waals surface area (Å²) >= 11 is 6.01. The van der Waals surface area contributed by atoms with E-state index in [-0.39, 0.29) is 10.9 Å². The molecule has 1 aromatic carbocycles. The van der Waals surface area contributed by atoms with Gasteiger partial charge in [-0.2, -0.15) is 4.31 Å². The fraction of sp³-hybridized carbons (Fsp3) is 0.538. The van der Waals surface area contributed by atoms with Crippen LogP contribution in [0.1, 0.15) is 12.8 Å². The summed E-state index contributed by atoms with van der Waals surface area (Å²) in [4.78, 5) is 0.191. The second-order valence-electron chi connectivity index (χ2n) is 4.82. The van der Waals surface area contributed by atoms with Gasteiger partial charge in [-0.05, 0) is 37.6 Å². The van der Waals surface area contributed by atoms with Gasteiger partial charge >= 0.3 is 0 Å². The maximum atomic E-state index is 12.6. The van der Waals surface area contributed by atoms with Crippen molar-refractivity contribution in [2.75, 3.05) is 27.2 Å². The lowest BCUT2D eigenvalue weighted by Gasteiger charge is -2.31.